The molecule has 2 aromatic heterocycles. The second kappa shape index (κ2) is 8.58. The molecule has 0 spiro atoms. The summed E-state index contributed by atoms with van der Waals surface area (Å²) in [5.41, 5.74) is 0.252. The Bertz CT molecular complexity index is 704. The molecule has 1 atom stereocenters. The predicted molar refractivity (Wildman–Crippen MR) is 99.9 cm³/mol. The summed E-state index contributed by atoms with van der Waals surface area (Å²) < 4.78 is 5.30. The van der Waals surface area contributed by atoms with Crippen molar-refractivity contribution in [2.45, 2.75) is 57.6 Å². The Kier molecular flexibility index (Phi) is 6.20. The first kappa shape index (κ1) is 18.1. The monoisotopic (exact) mass is 378 g/mol. The van der Waals surface area contributed by atoms with Crippen molar-refractivity contribution in [3.8, 4) is 9.88 Å². The van der Waals surface area contributed by atoms with E-state index < -0.39 is 12.1 Å². The first-order valence-electron chi connectivity index (χ1n) is 8.64. The lowest BCUT2D eigenvalue weighted by molar-refractivity contribution is -0.129. The Morgan fingerprint density at radius 1 is 1.24 bits per heavy atom. The van der Waals surface area contributed by atoms with Gasteiger partial charge in [-0.25, -0.2) is 9.78 Å². The zero-order chi connectivity index (χ0) is 17.6. The number of esters is 1. The zero-order valence-corrected chi connectivity index (χ0v) is 15.8. The van der Waals surface area contributed by atoms with Crippen molar-refractivity contribution >= 4 is 34.6 Å². The summed E-state index contributed by atoms with van der Waals surface area (Å²) in [6.45, 7) is 1.61. The van der Waals surface area contributed by atoms with Crippen LogP contribution in [0.2, 0.25) is 0 Å². The normalized spacial score (nSPS) is 16.8. The van der Waals surface area contributed by atoms with Gasteiger partial charge in [0, 0.05) is 11.4 Å². The van der Waals surface area contributed by atoms with Crippen molar-refractivity contribution in [3.05, 3.63) is 28.6 Å². The smallest absolute Gasteiger partial charge is 0.358 e. The van der Waals surface area contributed by atoms with Gasteiger partial charge in [-0.1, -0.05) is 31.7 Å². The number of thiazole rings is 1. The van der Waals surface area contributed by atoms with Crippen molar-refractivity contribution in [3.63, 3.8) is 0 Å². The second-order valence-electron chi connectivity index (χ2n) is 6.26. The van der Waals surface area contributed by atoms with Crippen LogP contribution < -0.4 is 5.32 Å². The van der Waals surface area contributed by atoms with Gasteiger partial charge in [0.15, 0.2) is 11.8 Å². The molecule has 134 valence electrons. The quantitative estimate of drug-likeness (QED) is 0.624. The van der Waals surface area contributed by atoms with Crippen LogP contribution in [0.4, 0.5) is 0 Å². The van der Waals surface area contributed by atoms with Crippen molar-refractivity contribution in [1.29, 1.82) is 0 Å². The molecule has 25 heavy (non-hydrogen) atoms. The van der Waals surface area contributed by atoms with Gasteiger partial charge in [0.2, 0.25) is 0 Å². The van der Waals surface area contributed by atoms with Crippen molar-refractivity contribution in [2.75, 3.05) is 0 Å². The lowest BCUT2D eigenvalue weighted by Gasteiger charge is -2.19. The first-order chi connectivity index (χ1) is 12.1. The second-order valence-corrected chi connectivity index (χ2v) is 8.07. The number of aromatic nitrogens is 1. The molecule has 2 aromatic rings. The molecule has 7 heteroatoms. The number of nitrogens with zero attached hydrogens (tertiary/aromatic N) is 1. The third-order valence-electron chi connectivity index (χ3n) is 4.30. The summed E-state index contributed by atoms with van der Waals surface area (Å²) in [5, 5.41) is 7.44. The maximum absolute atomic E-state index is 12.3. The third-order valence-corrected chi connectivity index (χ3v) is 6.18. The predicted octanol–water partition coefficient (Wildman–Crippen LogP) is 4.26. The Balaban J connectivity index is 1.54. The van der Waals surface area contributed by atoms with Gasteiger partial charge in [-0.2, -0.15) is 0 Å². The van der Waals surface area contributed by atoms with E-state index in [0.717, 1.165) is 35.6 Å². The highest BCUT2D eigenvalue weighted by molar-refractivity contribution is 7.20. The summed E-state index contributed by atoms with van der Waals surface area (Å²) in [4.78, 5) is 29.8. The number of nitrogens with one attached hydrogen (secondary N) is 1. The van der Waals surface area contributed by atoms with Crippen molar-refractivity contribution < 1.29 is 14.3 Å². The highest BCUT2D eigenvalue weighted by atomic mass is 32.1. The molecule has 0 aromatic carbocycles. The average Bonchev–Trinajstić information content (AvgIpc) is 3.23. The Morgan fingerprint density at radius 2 is 2.00 bits per heavy atom. The van der Waals surface area contributed by atoms with E-state index in [1.807, 2.05) is 17.5 Å². The van der Waals surface area contributed by atoms with Gasteiger partial charge in [-0.15, -0.1) is 22.7 Å². The highest BCUT2D eigenvalue weighted by Crippen LogP contribution is 2.28. The van der Waals surface area contributed by atoms with E-state index in [1.165, 1.54) is 24.2 Å². The number of hydrogen-bond acceptors (Lipinski definition) is 6. The number of ether oxygens (including phenoxy) is 1. The molecule has 3 rings (SSSR count). The fourth-order valence-corrected chi connectivity index (χ4v) is 4.50. The van der Waals surface area contributed by atoms with Crippen LogP contribution in [-0.4, -0.2) is 29.0 Å². The Hall–Kier alpha value is -1.73. The Labute approximate surface area is 155 Å². The molecule has 0 saturated heterocycles. The molecular formula is C18H22N2O3S2. The molecule has 1 saturated carbocycles. The lowest BCUT2D eigenvalue weighted by Crippen LogP contribution is -2.41. The number of amides is 1. The largest absolute Gasteiger partial charge is 0.448 e. The van der Waals surface area contributed by atoms with Gasteiger partial charge in [0.25, 0.3) is 5.91 Å². The summed E-state index contributed by atoms with van der Waals surface area (Å²) in [6.07, 6.45) is 5.93. The van der Waals surface area contributed by atoms with Crippen LogP contribution in [0.1, 0.15) is 55.9 Å². The highest BCUT2D eigenvalue weighted by Gasteiger charge is 2.23. The van der Waals surface area contributed by atoms with E-state index >= 15 is 0 Å². The topological polar surface area (TPSA) is 68.3 Å². The van der Waals surface area contributed by atoms with E-state index in [0.29, 0.717) is 0 Å². The van der Waals surface area contributed by atoms with Gasteiger partial charge < -0.3 is 10.1 Å². The van der Waals surface area contributed by atoms with Crippen LogP contribution >= 0.6 is 22.7 Å². The molecule has 1 N–H and O–H groups in total. The van der Waals surface area contributed by atoms with E-state index in [2.05, 4.69) is 10.3 Å². The fraction of sp³-hybridized carbons (Fsp3) is 0.500. The standard InChI is InChI=1S/C18H22N2O3S2/c1-12(16(21)19-13-7-4-2-3-5-8-13)23-18(22)14-11-25-17(20-14)15-9-6-10-24-15/h6,9-13H,2-5,7-8H2,1H3,(H,19,21)/t12-/m1/s1. The van der Waals surface area contributed by atoms with E-state index in [4.69, 9.17) is 4.74 Å². The minimum Gasteiger partial charge on any atom is -0.448 e. The van der Waals surface area contributed by atoms with E-state index in [9.17, 15) is 9.59 Å². The molecule has 0 unspecified atom stereocenters. The molecule has 5 nitrogen and oxygen atoms in total. The van der Waals surface area contributed by atoms with Crippen LogP contribution in [0.25, 0.3) is 9.88 Å². The van der Waals surface area contributed by atoms with E-state index in [1.54, 1.807) is 23.6 Å². The molecule has 1 amide bonds. The maximum atomic E-state index is 12.3. The molecule has 1 aliphatic rings. The number of rotatable bonds is 5. The minimum atomic E-state index is -0.817. The molecule has 1 fully saturated rings. The summed E-state index contributed by atoms with van der Waals surface area (Å²) in [6, 6.07) is 4.10. The van der Waals surface area contributed by atoms with Gasteiger partial charge in [0.05, 0.1) is 4.88 Å². The van der Waals surface area contributed by atoms with Crippen LogP contribution in [0.3, 0.4) is 0 Å². The van der Waals surface area contributed by atoms with Crippen LogP contribution in [0.15, 0.2) is 22.9 Å². The van der Waals surface area contributed by atoms with Crippen molar-refractivity contribution in [1.82, 2.24) is 10.3 Å². The van der Waals surface area contributed by atoms with Crippen LogP contribution in [0, 0.1) is 0 Å². The average molecular weight is 379 g/mol. The zero-order valence-electron chi connectivity index (χ0n) is 14.2. The van der Waals surface area contributed by atoms with Crippen molar-refractivity contribution in [2.24, 2.45) is 0 Å². The summed E-state index contributed by atoms with van der Waals surface area (Å²) >= 11 is 2.97. The Morgan fingerprint density at radius 3 is 2.68 bits per heavy atom. The van der Waals surface area contributed by atoms with E-state index in [-0.39, 0.29) is 17.6 Å². The third kappa shape index (κ3) is 4.89. The number of carbonyl (C=O) groups excluding carboxylic acids is 2. The lowest BCUT2D eigenvalue weighted by atomic mass is 10.1. The van der Waals surface area contributed by atoms with Gasteiger partial charge in [0.1, 0.15) is 5.01 Å². The van der Waals surface area contributed by atoms with Gasteiger partial charge in [-0.05, 0) is 31.2 Å². The molecule has 0 radical (unpaired) electrons. The van der Waals surface area contributed by atoms with Gasteiger partial charge >= 0.3 is 5.97 Å². The number of hydrogen-bond donors (Lipinski definition) is 1. The molecule has 0 aliphatic heterocycles. The molecule has 2 heterocycles. The molecule has 0 bridgehead atoms. The first-order valence-corrected chi connectivity index (χ1v) is 10.4. The maximum Gasteiger partial charge on any atom is 0.358 e. The number of thiophene rings is 1. The minimum absolute atomic E-state index is 0.195. The summed E-state index contributed by atoms with van der Waals surface area (Å²) in [5.74, 6) is -0.781. The molecule has 1 aliphatic carbocycles. The number of carbonyl (C=O) groups is 2. The van der Waals surface area contributed by atoms with Gasteiger partial charge in [-0.3, -0.25) is 4.79 Å². The van der Waals surface area contributed by atoms with Crippen LogP contribution in [0.5, 0.6) is 0 Å². The summed E-state index contributed by atoms with van der Waals surface area (Å²) in [7, 11) is 0. The molecular weight excluding hydrogens is 356 g/mol. The van der Waals surface area contributed by atoms with Crippen LogP contribution in [-0.2, 0) is 9.53 Å². The SMILES string of the molecule is C[C@@H](OC(=O)c1csc(-c2cccs2)n1)C(=O)NC1CCCCCC1. The fourth-order valence-electron chi connectivity index (χ4n) is 2.90.